The molecule has 1 aliphatic rings. The molecular weight excluding hydrogens is 331 g/mol. The zero-order valence-corrected chi connectivity index (χ0v) is 16.2. The van der Waals surface area contributed by atoms with Gasteiger partial charge in [0.05, 0.1) is 35.5 Å². The molecule has 0 radical (unpaired) electrons. The standard InChI is InChI=1S/C19H25BN2O4/c1-13(14-7-9-15(10-8-14)17(23)24-6)22-12-16(11-21-22)20-25-18(2,3)19(4,5)26-20/h7-13H,1-6H3/p+1. The van der Waals surface area contributed by atoms with E-state index >= 15 is 0 Å². The molecule has 1 N–H and O–H groups in total. The van der Waals surface area contributed by atoms with Crippen molar-refractivity contribution in [3.8, 4) is 0 Å². The summed E-state index contributed by atoms with van der Waals surface area (Å²) in [6, 6.07) is 7.48. The van der Waals surface area contributed by atoms with Crippen LogP contribution in [0.4, 0.5) is 0 Å². The maximum Gasteiger partial charge on any atom is 0.502 e. The highest BCUT2D eigenvalue weighted by atomic mass is 16.7. The van der Waals surface area contributed by atoms with Crippen LogP contribution in [-0.4, -0.2) is 36.5 Å². The molecule has 138 valence electrons. The number of carbonyl (C=O) groups is 1. The molecule has 0 saturated carbocycles. The number of H-pyrrole nitrogens is 1. The highest BCUT2D eigenvalue weighted by Gasteiger charge is 2.52. The number of methoxy groups -OCH3 is 1. The van der Waals surface area contributed by atoms with Gasteiger partial charge in [-0.25, -0.2) is 4.79 Å². The number of esters is 1. The van der Waals surface area contributed by atoms with Gasteiger partial charge in [-0.05, 0) is 39.8 Å². The fourth-order valence-corrected chi connectivity index (χ4v) is 2.89. The van der Waals surface area contributed by atoms with E-state index in [9.17, 15) is 4.79 Å². The molecule has 0 aliphatic carbocycles. The summed E-state index contributed by atoms with van der Waals surface area (Å²) < 4.78 is 18.9. The minimum Gasteiger partial charge on any atom is -0.465 e. The molecule has 26 heavy (non-hydrogen) atoms. The average Bonchev–Trinajstić information content (AvgIpc) is 3.16. The van der Waals surface area contributed by atoms with Crippen LogP contribution in [0.3, 0.4) is 0 Å². The predicted molar refractivity (Wildman–Crippen MR) is 98.3 cm³/mol. The molecule has 1 aromatic heterocycles. The lowest BCUT2D eigenvalue weighted by Crippen LogP contribution is -2.42. The highest BCUT2D eigenvalue weighted by Crippen LogP contribution is 2.36. The maximum atomic E-state index is 11.6. The summed E-state index contributed by atoms with van der Waals surface area (Å²) in [4.78, 5) is 11.6. The van der Waals surface area contributed by atoms with Gasteiger partial charge in [-0.2, -0.15) is 5.10 Å². The van der Waals surface area contributed by atoms with Crippen molar-refractivity contribution < 1.29 is 23.5 Å². The van der Waals surface area contributed by atoms with Crippen LogP contribution < -0.4 is 10.1 Å². The number of ether oxygens (including phenoxy) is 1. The minimum atomic E-state index is -0.397. The van der Waals surface area contributed by atoms with E-state index in [0.717, 1.165) is 11.0 Å². The third-order valence-electron chi connectivity index (χ3n) is 5.43. The van der Waals surface area contributed by atoms with E-state index in [-0.39, 0.29) is 23.2 Å². The van der Waals surface area contributed by atoms with E-state index in [1.165, 1.54) is 7.11 Å². The van der Waals surface area contributed by atoms with Crippen molar-refractivity contribution in [1.82, 2.24) is 5.10 Å². The lowest BCUT2D eigenvalue weighted by molar-refractivity contribution is -0.762. The van der Waals surface area contributed by atoms with Gasteiger partial charge in [0.1, 0.15) is 0 Å². The van der Waals surface area contributed by atoms with Gasteiger partial charge in [0.25, 0.3) is 0 Å². The molecule has 1 fully saturated rings. The molecule has 6 nitrogen and oxygen atoms in total. The predicted octanol–water partition coefficient (Wildman–Crippen LogP) is 2.00. The molecule has 0 amide bonds. The van der Waals surface area contributed by atoms with Gasteiger partial charge in [-0.1, -0.05) is 12.1 Å². The van der Waals surface area contributed by atoms with Crippen LogP contribution in [0.2, 0.25) is 0 Å². The van der Waals surface area contributed by atoms with Gasteiger partial charge in [0, 0.05) is 12.5 Å². The highest BCUT2D eigenvalue weighted by molar-refractivity contribution is 6.61. The Kier molecular flexibility index (Phi) is 4.71. The van der Waals surface area contributed by atoms with Crippen molar-refractivity contribution in [2.45, 2.75) is 51.9 Å². The van der Waals surface area contributed by atoms with Gasteiger partial charge in [0.2, 0.25) is 6.04 Å². The van der Waals surface area contributed by atoms with Crippen molar-refractivity contribution in [1.29, 1.82) is 0 Å². The fourth-order valence-electron chi connectivity index (χ4n) is 2.89. The van der Waals surface area contributed by atoms with Crippen molar-refractivity contribution in [3.05, 3.63) is 47.8 Å². The Morgan fingerprint density at radius 2 is 1.73 bits per heavy atom. The van der Waals surface area contributed by atoms with E-state index in [1.807, 2.05) is 56.9 Å². The van der Waals surface area contributed by atoms with Crippen molar-refractivity contribution in [2.24, 2.45) is 0 Å². The van der Waals surface area contributed by atoms with Crippen LogP contribution in [0, 0.1) is 0 Å². The van der Waals surface area contributed by atoms with Crippen LogP contribution >= 0.6 is 0 Å². The topological polar surface area (TPSA) is 64.4 Å². The Morgan fingerprint density at radius 1 is 1.15 bits per heavy atom. The normalized spacial score (nSPS) is 19.4. The summed E-state index contributed by atoms with van der Waals surface area (Å²) in [6.07, 6.45) is 3.91. The number of nitrogens with zero attached hydrogens (tertiary/aromatic N) is 1. The summed E-state index contributed by atoms with van der Waals surface area (Å²) in [6.45, 7) is 10.2. The second-order valence-electron chi connectivity index (χ2n) is 7.69. The number of rotatable bonds is 4. The minimum absolute atomic E-state index is 0.0675. The van der Waals surface area contributed by atoms with Gasteiger partial charge >= 0.3 is 13.1 Å². The van der Waals surface area contributed by atoms with Crippen molar-refractivity contribution >= 4 is 18.6 Å². The monoisotopic (exact) mass is 357 g/mol. The lowest BCUT2D eigenvalue weighted by atomic mass is 9.82. The Labute approximate surface area is 154 Å². The van der Waals surface area contributed by atoms with Crippen LogP contribution in [0.1, 0.15) is 56.6 Å². The number of carbonyl (C=O) groups excluding carboxylic acids is 1. The van der Waals surface area contributed by atoms with E-state index in [1.54, 1.807) is 12.1 Å². The Morgan fingerprint density at radius 3 is 2.27 bits per heavy atom. The first-order valence-electron chi connectivity index (χ1n) is 8.78. The summed E-state index contributed by atoms with van der Waals surface area (Å²) in [7, 11) is 0.983. The van der Waals surface area contributed by atoms with Gasteiger partial charge < -0.3 is 14.0 Å². The Bertz CT molecular complexity index is 782. The zero-order valence-electron chi connectivity index (χ0n) is 16.2. The molecule has 1 aromatic carbocycles. The lowest BCUT2D eigenvalue weighted by Gasteiger charge is -2.32. The van der Waals surface area contributed by atoms with Gasteiger partial charge in [0.15, 0.2) is 6.20 Å². The number of hydrogen-bond acceptors (Lipinski definition) is 4. The first-order valence-corrected chi connectivity index (χ1v) is 8.78. The maximum absolute atomic E-state index is 11.6. The molecule has 2 aromatic rings. The Hall–Kier alpha value is -2.12. The largest absolute Gasteiger partial charge is 0.502 e. The van der Waals surface area contributed by atoms with E-state index in [0.29, 0.717) is 5.56 Å². The SMILES string of the molecule is COC(=O)c1ccc(C(C)[n+]2cc(B3OC(C)(C)C(C)(C)O3)c[nH]2)cc1. The fraction of sp³-hybridized carbons (Fsp3) is 0.474. The van der Waals surface area contributed by atoms with E-state index in [2.05, 4.69) is 12.0 Å². The molecule has 1 aliphatic heterocycles. The molecule has 3 rings (SSSR count). The third-order valence-corrected chi connectivity index (χ3v) is 5.43. The van der Waals surface area contributed by atoms with Crippen molar-refractivity contribution in [2.75, 3.05) is 7.11 Å². The summed E-state index contributed by atoms with van der Waals surface area (Å²) in [5.74, 6) is -0.334. The Balaban J connectivity index is 1.76. The molecule has 0 bridgehead atoms. The second kappa shape index (κ2) is 6.56. The number of aromatic nitrogens is 2. The van der Waals surface area contributed by atoms with Crippen molar-refractivity contribution in [3.63, 3.8) is 0 Å². The number of benzene rings is 1. The van der Waals surface area contributed by atoms with Crippen LogP contribution in [-0.2, 0) is 14.0 Å². The first-order chi connectivity index (χ1) is 12.1. The molecule has 1 atom stereocenters. The van der Waals surface area contributed by atoms with Gasteiger partial charge in [-0.3, -0.25) is 0 Å². The second-order valence-corrected chi connectivity index (χ2v) is 7.69. The first kappa shape index (κ1) is 18.7. The number of hydrogen-bond donors (Lipinski definition) is 1. The number of nitrogens with one attached hydrogen (secondary N) is 1. The molecule has 2 heterocycles. The third kappa shape index (κ3) is 3.29. The summed E-state index contributed by atoms with van der Waals surface area (Å²) in [5.41, 5.74) is 1.83. The van der Waals surface area contributed by atoms with Gasteiger partial charge in [-0.15, -0.1) is 4.68 Å². The summed E-state index contributed by atoms with van der Waals surface area (Å²) >= 11 is 0. The molecule has 0 spiro atoms. The molecule has 1 unspecified atom stereocenters. The van der Waals surface area contributed by atoms with E-state index < -0.39 is 7.12 Å². The van der Waals surface area contributed by atoms with E-state index in [4.69, 9.17) is 14.0 Å². The van der Waals surface area contributed by atoms with Crippen LogP contribution in [0.5, 0.6) is 0 Å². The number of aromatic amines is 1. The zero-order chi connectivity index (χ0) is 19.1. The molecule has 7 heteroatoms. The summed E-state index contributed by atoms with van der Waals surface area (Å²) in [5, 5.41) is 3.25. The quantitative estimate of drug-likeness (QED) is 0.517. The molecule has 1 saturated heterocycles. The van der Waals surface area contributed by atoms with Crippen LogP contribution in [0.15, 0.2) is 36.7 Å². The van der Waals surface area contributed by atoms with Crippen LogP contribution in [0.25, 0.3) is 0 Å². The molecular formula is C19H26BN2O4+. The smallest absolute Gasteiger partial charge is 0.465 e. The average molecular weight is 357 g/mol.